The van der Waals surface area contributed by atoms with Crippen LogP contribution in [0.15, 0.2) is 48.7 Å². The van der Waals surface area contributed by atoms with Crippen LogP contribution in [-0.4, -0.2) is 53.9 Å². The Morgan fingerprint density at radius 2 is 1.85 bits per heavy atom. The maximum absolute atomic E-state index is 13.0. The third kappa shape index (κ3) is 7.37. The molecule has 40 heavy (non-hydrogen) atoms. The van der Waals surface area contributed by atoms with Crippen molar-refractivity contribution < 1.29 is 27.8 Å². The molecule has 5 rings (SSSR count). The molecule has 2 aromatic heterocycles. The second-order valence-electron chi connectivity index (χ2n) is 10.0. The van der Waals surface area contributed by atoms with Crippen LogP contribution < -0.4 is 10.2 Å². The number of ether oxygens (including phenoxy) is 1. The molecule has 0 spiro atoms. The number of aliphatic hydroxyl groups excluding tert-OH is 1. The van der Waals surface area contributed by atoms with E-state index >= 15 is 0 Å². The molecule has 2 N–H and O–H groups in total. The van der Waals surface area contributed by atoms with E-state index in [9.17, 15) is 18.0 Å². The van der Waals surface area contributed by atoms with Gasteiger partial charge in [0.1, 0.15) is 11.5 Å². The number of carbonyl (C=O) groups excluding carboxylic acids is 1. The van der Waals surface area contributed by atoms with E-state index in [0.717, 1.165) is 72.8 Å². The lowest BCUT2D eigenvalue weighted by Crippen LogP contribution is -2.37. The minimum absolute atomic E-state index is 0.106. The van der Waals surface area contributed by atoms with Gasteiger partial charge in [-0.3, -0.25) is 9.78 Å². The van der Waals surface area contributed by atoms with Crippen LogP contribution in [-0.2, 0) is 10.9 Å². The second kappa shape index (κ2) is 13.2. The van der Waals surface area contributed by atoms with Gasteiger partial charge in [0, 0.05) is 48.8 Å². The van der Waals surface area contributed by atoms with E-state index in [1.807, 2.05) is 26.0 Å². The molecular formula is C30H35F3N4O3. The summed E-state index contributed by atoms with van der Waals surface area (Å²) in [6, 6.07) is 11.7. The van der Waals surface area contributed by atoms with Gasteiger partial charge in [-0.1, -0.05) is 19.4 Å². The van der Waals surface area contributed by atoms with Gasteiger partial charge in [0.25, 0.3) is 5.91 Å². The lowest BCUT2D eigenvalue weighted by atomic mass is 9.82. The van der Waals surface area contributed by atoms with Gasteiger partial charge < -0.3 is 20.1 Å². The first kappa shape index (κ1) is 29.5. The molecule has 2 fully saturated rings. The van der Waals surface area contributed by atoms with Crippen LogP contribution in [0.25, 0.3) is 11.1 Å². The number of alkyl halides is 3. The zero-order valence-corrected chi connectivity index (χ0v) is 22.8. The summed E-state index contributed by atoms with van der Waals surface area (Å²) in [4.78, 5) is 23.3. The second-order valence-corrected chi connectivity index (χ2v) is 10.0. The molecule has 3 heterocycles. The van der Waals surface area contributed by atoms with Crippen LogP contribution in [0.5, 0.6) is 0 Å². The molecule has 1 saturated carbocycles. The van der Waals surface area contributed by atoms with Gasteiger partial charge in [0.05, 0.1) is 13.2 Å². The Bertz CT molecular complexity index is 1300. The molecular weight excluding hydrogens is 521 g/mol. The largest absolute Gasteiger partial charge is 0.433 e. The Kier molecular flexibility index (Phi) is 9.76. The predicted octanol–water partition coefficient (Wildman–Crippen LogP) is 6.22. The van der Waals surface area contributed by atoms with Gasteiger partial charge in [-0.05, 0) is 79.3 Å². The zero-order valence-electron chi connectivity index (χ0n) is 22.8. The van der Waals surface area contributed by atoms with Gasteiger partial charge >= 0.3 is 6.18 Å². The Hall–Kier alpha value is -3.50. The Morgan fingerprint density at radius 1 is 1.12 bits per heavy atom. The molecule has 3 aromatic rings. The first-order chi connectivity index (χ1) is 19.2. The standard InChI is InChI=1S/C27H27F3N4O2.C3H8O/c1-17-5-6-21(32-26(35)19-7-8-31-24(14-19)27(28,29)30)16-22(17)20-13-23(18-3-2-4-18)33-25(15-20)34-9-11-36-12-10-34;1-2-3-4/h5-8,13-16,18H,2-4,9-12H2,1H3,(H,32,35);4H,2-3H2,1H3. The smallest absolute Gasteiger partial charge is 0.396 e. The van der Waals surface area contributed by atoms with Crippen LogP contribution in [0, 0.1) is 6.92 Å². The first-order valence-electron chi connectivity index (χ1n) is 13.6. The maximum Gasteiger partial charge on any atom is 0.433 e. The molecule has 214 valence electrons. The fourth-order valence-corrected chi connectivity index (χ4v) is 4.50. The Balaban J connectivity index is 0.000000867. The van der Waals surface area contributed by atoms with Gasteiger partial charge in [-0.2, -0.15) is 13.2 Å². The van der Waals surface area contributed by atoms with Crippen molar-refractivity contribution in [3.8, 4) is 11.1 Å². The molecule has 1 aliphatic carbocycles. The van der Waals surface area contributed by atoms with E-state index in [-0.39, 0.29) is 5.56 Å². The van der Waals surface area contributed by atoms with E-state index < -0.39 is 17.8 Å². The number of pyridine rings is 2. The van der Waals surface area contributed by atoms with E-state index in [1.54, 1.807) is 6.07 Å². The van der Waals surface area contributed by atoms with E-state index in [0.29, 0.717) is 31.4 Å². The van der Waals surface area contributed by atoms with E-state index in [1.165, 1.54) is 12.5 Å². The van der Waals surface area contributed by atoms with Gasteiger partial charge in [-0.15, -0.1) is 0 Å². The predicted molar refractivity (Wildman–Crippen MR) is 149 cm³/mol. The monoisotopic (exact) mass is 556 g/mol. The number of aromatic nitrogens is 2. The van der Waals surface area contributed by atoms with Crippen molar-refractivity contribution in [1.82, 2.24) is 9.97 Å². The molecule has 10 heteroatoms. The lowest BCUT2D eigenvalue weighted by molar-refractivity contribution is -0.141. The number of benzene rings is 1. The van der Waals surface area contributed by atoms with Crippen molar-refractivity contribution in [3.05, 3.63) is 71.2 Å². The quantitative estimate of drug-likeness (QED) is 0.375. The van der Waals surface area contributed by atoms with Gasteiger partial charge in [0.2, 0.25) is 0 Å². The van der Waals surface area contributed by atoms with Crippen LogP contribution in [0.4, 0.5) is 24.7 Å². The number of morpholine rings is 1. The number of hydrogen-bond acceptors (Lipinski definition) is 6. The summed E-state index contributed by atoms with van der Waals surface area (Å²) in [6.07, 6.45) is 0.699. The number of rotatable bonds is 6. The molecule has 1 saturated heterocycles. The Labute approximate surface area is 232 Å². The molecule has 0 bridgehead atoms. The molecule has 1 amide bonds. The highest BCUT2D eigenvalue weighted by atomic mass is 19.4. The summed E-state index contributed by atoms with van der Waals surface area (Å²) in [5, 5.41) is 10.6. The highest BCUT2D eigenvalue weighted by Crippen LogP contribution is 2.39. The third-order valence-electron chi connectivity index (χ3n) is 7.03. The molecule has 0 atom stereocenters. The number of nitrogens with one attached hydrogen (secondary N) is 1. The highest BCUT2D eigenvalue weighted by molar-refractivity contribution is 6.04. The maximum atomic E-state index is 13.0. The van der Waals surface area contributed by atoms with Crippen molar-refractivity contribution in [2.24, 2.45) is 0 Å². The average molecular weight is 557 g/mol. The minimum Gasteiger partial charge on any atom is -0.396 e. The van der Waals surface area contributed by atoms with Crippen LogP contribution in [0.2, 0.25) is 0 Å². The van der Waals surface area contributed by atoms with Crippen molar-refractivity contribution in [1.29, 1.82) is 0 Å². The number of carbonyl (C=O) groups is 1. The number of hydrogen-bond donors (Lipinski definition) is 2. The van der Waals surface area contributed by atoms with Crippen molar-refractivity contribution in [2.45, 2.75) is 51.6 Å². The molecule has 0 radical (unpaired) electrons. The van der Waals surface area contributed by atoms with E-state index in [2.05, 4.69) is 27.3 Å². The summed E-state index contributed by atoms with van der Waals surface area (Å²) < 4.78 is 44.6. The molecule has 1 aromatic carbocycles. The number of aliphatic hydroxyl groups is 1. The number of halogens is 3. The van der Waals surface area contributed by atoms with Gasteiger partial charge in [-0.25, -0.2) is 4.98 Å². The molecule has 1 aliphatic heterocycles. The summed E-state index contributed by atoms with van der Waals surface area (Å²) in [6.45, 7) is 7.13. The first-order valence-corrected chi connectivity index (χ1v) is 13.6. The van der Waals surface area contributed by atoms with Crippen LogP contribution >= 0.6 is 0 Å². The summed E-state index contributed by atoms with van der Waals surface area (Å²) >= 11 is 0. The lowest BCUT2D eigenvalue weighted by Gasteiger charge is -2.31. The number of aryl methyl sites for hydroxylation is 1. The van der Waals surface area contributed by atoms with Crippen molar-refractivity contribution in [2.75, 3.05) is 43.1 Å². The molecule has 0 unspecified atom stereocenters. The number of amides is 1. The molecule has 7 nitrogen and oxygen atoms in total. The van der Waals surface area contributed by atoms with Crippen molar-refractivity contribution in [3.63, 3.8) is 0 Å². The molecule has 2 aliphatic rings. The number of anilines is 2. The summed E-state index contributed by atoms with van der Waals surface area (Å²) in [5.74, 6) is 0.738. The normalized spacial score (nSPS) is 15.6. The highest BCUT2D eigenvalue weighted by Gasteiger charge is 2.33. The SMILES string of the molecule is CCCO.Cc1ccc(NC(=O)c2ccnc(C(F)(F)F)c2)cc1-c1cc(C2CCC2)nc(N2CCOCC2)c1. The Morgan fingerprint density at radius 3 is 2.48 bits per heavy atom. The average Bonchev–Trinajstić information content (AvgIpc) is 2.93. The topological polar surface area (TPSA) is 87.6 Å². The summed E-state index contributed by atoms with van der Waals surface area (Å²) in [7, 11) is 0. The number of nitrogens with zero attached hydrogens (tertiary/aromatic N) is 3. The zero-order chi connectivity index (χ0) is 28.7. The fourth-order valence-electron chi connectivity index (χ4n) is 4.50. The third-order valence-corrected chi connectivity index (χ3v) is 7.03. The van der Waals surface area contributed by atoms with Crippen LogP contribution in [0.1, 0.15) is 65.8 Å². The minimum atomic E-state index is -4.62. The van der Waals surface area contributed by atoms with Crippen molar-refractivity contribution >= 4 is 17.4 Å². The van der Waals surface area contributed by atoms with Gasteiger partial charge in [0.15, 0.2) is 0 Å². The summed E-state index contributed by atoms with van der Waals surface area (Å²) in [5.41, 5.74) is 3.34. The van der Waals surface area contributed by atoms with E-state index in [4.69, 9.17) is 14.8 Å². The fraction of sp³-hybridized carbons (Fsp3) is 0.433. The van der Waals surface area contributed by atoms with Crippen LogP contribution in [0.3, 0.4) is 0 Å².